The summed E-state index contributed by atoms with van der Waals surface area (Å²) in [6, 6.07) is 5.10. The number of nitrogens with one attached hydrogen (secondary N) is 1. The van der Waals surface area contributed by atoms with Crippen LogP contribution in [-0.2, 0) is 0 Å². The summed E-state index contributed by atoms with van der Waals surface area (Å²) in [6.45, 7) is 7.06. The first-order valence-electron chi connectivity index (χ1n) is 7.62. The van der Waals surface area contributed by atoms with Gasteiger partial charge in [-0.05, 0) is 57.9 Å². The molecule has 0 spiro atoms. The van der Waals surface area contributed by atoms with Gasteiger partial charge in [0.1, 0.15) is 5.82 Å². The minimum Gasteiger partial charge on any atom is -0.378 e. The molecule has 1 saturated heterocycles. The van der Waals surface area contributed by atoms with Crippen molar-refractivity contribution >= 4 is 17.3 Å². The SMILES string of the molecule is CC(C)N1CCCC(CN)(Nc2cc(F)cc(Cl)c2)CC1. The largest absolute Gasteiger partial charge is 0.378 e. The van der Waals surface area contributed by atoms with Gasteiger partial charge in [-0.15, -0.1) is 0 Å². The lowest BCUT2D eigenvalue weighted by molar-refractivity contribution is 0.227. The Balaban J connectivity index is 2.14. The van der Waals surface area contributed by atoms with E-state index in [0.29, 0.717) is 23.3 Å². The maximum absolute atomic E-state index is 13.5. The lowest BCUT2D eigenvalue weighted by atomic mass is 9.90. The molecule has 1 atom stereocenters. The summed E-state index contributed by atoms with van der Waals surface area (Å²) in [5.41, 5.74) is 6.58. The fourth-order valence-corrected chi connectivity index (χ4v) is 3.27. The van der Waals surface area contributed by atoms with Crippen LogP contribution in [0.25, 0.3) is 0 Å². The Bertz CT molecular complexity index is 460. The first-order valence-corrected chi connectivity index (χ1v) is 8.00. The van der Waals surface area contributed by atoms with E-state index >= 15 is 0 Å². The molecule has 1 aliphatic heterocycles. The maximum atomic E-state index is 13.5. The van der Waals surface area contributed by atoms with E-state index in [1.54, 1.807) is 6.07 Å². The Kier molecular flexibility index (Phi) is 5.47. The third-order valence-electron chi connectivity index (χ3n) is 4.37. The van der Waals surface area contributed by atoms with E-state index in [2.05, 4.69) is 24.1 Å². The molecule has 1 heterocycles. The first-order chi connectivity index (χ1) is 9.94. The molecule has 21 heavy (non-hydrogen) atoms. The van der Waals surface area contributed by atoms with Crippen molar-refractivity contribution in [1.29, 1.82) is 0 Å². The average molecular weight is 314 g/mol. The van der Waals surface area contributed by atoms with E-state index in [0.717, 1.165) is 32.4 Å². The fraction of sp³-hybridized carbons (Fsp3) is 0.625. The number of anilines is 1. The minimum absolute atomic E-state index is 0.180. The highest BCUT2D eigenvalue weighted by atomic mass is 35.5. The molecule has 5 heteroatoms. The molecule has 0 saturated carbocycles. The van der Waals surface area contributed by atoms with Crippen LogP contribution in [0.15, 0.2) is 18.2 Å². The molecule has 0 amide bonds. The third kappa shape index (κ3) is 4.31. The number of hydrogen-bond donors (Lipinski definition) is 2. The van der Waals surface area contributed by atoms with Crippen molar-refractivity contribution in [2.75, 3.05) is 25.0 Å². The van der Waals surface area contributed by atoms with Gasteiger partial charge in [0.15, 0.2) is 0 Å². The number of hydrogen-bond acceptors (Lipinski definition) is 3. The van der Waals surface area contributed by atoms with Crippen molar-refractivity contribution in [2.45, 2.75) is 44.7 Å². The second kappa shape index (κ2) is 6.95. The quantitative estimate of drug-likeness (QED) is 0.894. The highest BCUT2D eigenvalue weighted by Crippen LogP contribution is 2.28. The molecule has 0 aliphatic carbocycles. The van der Waals surface area contributed by atoms with E-state index < -0.39 is 0 Å². The lowest BCUT2D eigenvalue weighted by Crippen LogP contribution is -2.46. The molecule has 1 unspecified atom stereocenters. The van der Waals surface area contributed by atoms with Gasteiger partial charge in [-0.2, -0.15) is 0 Å². The molecule has 1 fully saturated rings. The third-order valence-corrected chi connectivity index (χ3v) is 4.59. The van der Waals surface area contributed by atoms with Gasteiger partial charge in [0.05, 0.1) is 5.54 Å². The average Bonchev–Trinajstić information content (AvgIpc) is 2.61. The van der Waals surface area contributed by atoms with Crippen LogP contribution in [0, 0.1) is 5.82 Å². The molecular formula is C16H25ClFN3. The van der Waals surface area contributed by atoms with Crippen molar-refractivity contribution in [3.8, 4) is 0 Å². The topological polar surface area (TPSA) is 41.3 Å². The van der Waals surface area contributed by atoms with Crippen molar-refractivity contribution in [2.24, 2.45) is 5.73 Å². The molecule has 3 nitrogen and oxygen atoms in total. The summed E-state index contributed by atoms with van der Waals surface area (Å²) in [5.74, 6) is -0.324. The molecule has 118 valence electrons. The van der Waals surface area contributed by atoms with Crippen LogP contribution in [0.2, 0.25) is 5.02 Å². The van der Waals surface area contributed by atoms with Crippen LogP contribution in [0.1, 0.15) is 33.1 Å². The molecule has 1 aliphatic rings. The smallest absolute Gasteiger partial charge is 0.126 e. The molecule has 0 radical (unpaired) electrons. The van der Waals surface area contributed by atoms with Crippen LogP contribution in [0.5, 0.6) is 0 Å². The summed E-state index contributed by atoms with van der Waals surface area (Å²) >= 11 is 5.93. The highest BCUT2D eigenvalue weighted by molar-refractivity contribution is 6.30. The van der Waals surface area contributed by atoms with Crippen molar-refractivity contribution < 1.29 is 4.39 Å². The number of halogens is 2. The van der Waals surface area contributed by atoms with Gasteiger partial charge in [-0.3, -0.25) is 0 Å². The highest BCUT2D eigenvalue weighted by Gasteiger charge is 2.32. The Hall–Kier alpha value is -0.840. The minimum atomic E-state index is -0.324. The van der Waals surface area contributed by atoms with Crippen molar-refractivity contribution in [3.05, 3.63) is 29.0 Å². The number of nitrogens with two attached hydrogens (primary N) is 1. The number of rotatable bonds is 4. The van der Waals surface area contributed by atoms with Crippen LogP contribution >= 0.6 is 11.6 Å². The molecule has 1 aromatic carbocycles. The number of benzene rings is 1. The van der Waals surface area contributed by atoms with E-state index in [1.807, 2.05) is 0 Å². The Morgan fingerprint density at radius 2 is 2.10 bits per heavy atom. The van der Waals surface area contributed by atoms with E-state index in [1.165, 1.54) is 12.1 Å². The number of nitrogens with zero attached hydrogens (tertiary/aromatic N) is 1. The second-order valence-corrected chi connectivity index (χ2v) is 6.69. The monoisotopic (exact) mass is 313 g/mol. The lowest BCUT2D eigenvalue weighted by Gasteiger charge is -2.34. The standard InChI is InChI=1S/C16H25ClFN3/c1-12(2)21-6-3-4-16(11-19,5-7-21)20-15-9-13(17)8-14(18)10-15/h8-10,12,20H,3-7,11,19H2,1-2H3. The van der Waals surface area contributed by atoms with E-state index in [-0.39, 0.29) is 11.4 Å². The summed E-state index contributed by atoms with van der Waals surface area (Å²) in [4.78, 5) is 2.47. The normalized spacial score (nSPS) is 24.1. The number of likely N-dealkylation sites (tertiary alicyclic amines) is 1. The van der Waals surface area contributed by atoms with Gasteiger partial charge < -0.3 is 16.0 Å². The Morgan fingerprint density at radius 3 is 2.71 bits per heavy atom. The zero-order valence-electron chi connectivity index (χ0n) is 12.8. The van der Waals surface area contributed by atoms with Gasteiger partial charge in [0, 0.05) is 29.8 Å². The first kappa shape index (κ1) is 16.5. The summed E-state index contributed by atoms with van der Waals surface area (Å²) in [5, 5.41) is 3.85. The van der Waals surface area contributed by atoms with Gasteiger partial charge in [0.2, 0.25) is 0 Å². The van der Waals surface area contributed by atoms with Gasteiger partial charge >= 0.3 is 0 Å². The van der Waals surface area contributed by atoms with Crippen molar-refractivity contribution in [1.82, 2.24) is 4.90 Å². The zero-order chi connectivity index (χ0) is 15.5. The van der Waals surface area contributed by atoms with Crippen molar-refractivity contribution in [3.63, 3.8) is 0 Å². The summed E-state index contributed by atoms with van der Waals surface area (Å²) in [6.07, 6.45) is 3.03. The molecule has 1 aromatic rings. The zero-order valence-corrected chi connectivity index (χ0v) is 13.6. The Labute approximate surface area is 131 Å². The maximum Gasteiger partial charge on any atom is 0.126 e. The predicted octanol–water partition coefficient (Wildman–Crippen LogP) is 3.48. The van der Waals surface area contributed by atoms with E-state index in [9.17, 15) is 4.39 Å². The molecule has 0 aromatic heterocycles. The second-order valence-electron chi connectivity index (χ2n) is 6.25. The van der Waals surface area contributed by atoms with Crippen LogP contribution in [0.3, 0.4) is 0 Å². The van der Waals surface area contributed by atoms with Gasteiger partial charge in [-0.25, -0.2) is 4.39 Å². The van der Waals surface area contributed by atoms with Gasteiger partial charge in [0.25, 0.3) is 0 Å². The van der Waals surface area contributed by atoms with Crippen LogP contribution < -0.4 is 11.1 Å². The predicted molar refractivity (Wildman–Crippen MR) is 87.4 cm³/mol. The Morgan fingerprint density at radius 1 is 1.33 bits per heavy atom. The molecule has 3 N–H and O–H groups in total. The summed E-state index contributed by atoms with van der Waals surface area (Å²) in [7, 11) is 0. The van der Waals surface area contributed by atoms with Gasteiger partial charge in [-0.1, -0.05) is 11.6 Å². The summed E-state index contributed by atoms with van der Waals surface area (Å²) < 4.78 is 13.5. The fourth-order valence-electron chi connectivity index (χ4n) is 3.04. The van der Waals surface area contributed by atoms with Crippen LogP contribution in [0.4, 0.5) is 10.1 Å². The molecule has 2 rings (SSSR count). The van der Waals surface area contributed by atoms with E-state index in [4.69, 9.17) is 17.3 Å². The molecular weight excluding hydrogens is 289 g/mol. The van der Waals surface area contributed by atoms with Crippen LogP contribution in [-0.4, -0.2) is 36.1 Å². The molecule has 0 bridgehead atoms.